The average Bonchev–Trinajstić information content (AvgIpc) is 2.49. The Balaban J connectivity index is 2.00. The van der Waals surface area contributed by atoms with Crippen LogP contribution in [-0.4, -0.2) is 23.9 Å². The van der Waals surface area contributed by atoms with Crippen LogP contribution in [-0.2, 0) is 4.79 Å². The molecule has 2 N–H and O–H groups in total. The summed E-state index contributed by atoms with van der Waals surface area (Å²) in [7, 11) is 0. The molecule has 0 aliphatic carbocycles. The highest BCUT2D eigenvalue weighted by Gasteiger charge is 2.12. The lowest BCUT2D eigenvalue weighted by atomic mass is 10.2. The molecular formula is C15H11Cl3N2O3. The third kappa shape index (κ3) is 5.03. The van der Waals surface area contributed by atoms with Gasteiger partial charge in [-0.25, -0.2) is 0 Å². The number of benzene rings is 2. The lowest BCUT2D eigenvalue weighted by Gasteiger charge is -2.11. The van der Waals surface area contributed by atoms with Gasteiger partial charge < -0.3 is 15.3 Å². The van der Waals surface area contributed by atoms with Gasteiger partial charge in [0.2, 0.25) is 0 Å². The molecular weight excluding hydrogens is 363 g/mol. The third-order valence-corrected chi connectivity index (χ3v) is 3.52. The highest BCUT2D eigenvalue weighted by molar-refractivity contribution is 6.37. The summed E-state index contributed by atoms with van der Waals surface area (Å²) in [6.45, 7) is -0.268. The molecule has 0 spiro atoms. The van der Waals surface area contributed by atoms with E-state index in [2.05, 4.69) is 10.5 Å². The predicted octanol–water partition coefficient (Wildman–Crippen LogP) is 4.47. The minimum atomic E-state index is -0.375. The highest BCUT2D eigenvalue weighted by Crippen LogP contribution is 2.33. The monoisotopic (exact) mass is 372 g/mol. The molecule has 8 heteroatoms. The summed E-state index contributed by atoms with van der Waals surface area (Å²) in [6.07, 6.45) is 1.18. The molecule has 23 heavy (non-hydrogen) atoms. The zero-order valence-corrected chi connectivity index (χ0v) is 13.9. The Labute approximate surface area is 147 Å². The van der Waals surface area contributed by atoms with Crippen molar-refractivity contribution in [2.75, 3.05) is 11.9 Å². The number of anilines is 1. The van der Waals surface area contributed by atoms with Crippen molar-refractivity contribution in [3.05, 3.63) is 57.0 Å². The van der Waals surface area contributed by atoms with E-state index in [0.29, 0.717) is 16.3 Å². The largest absolute Gasteiger partial charge is 0.481 e. The first-order chi connectivity index (χ1) is 11.0. The number of carbonyl (C=O) groups excluding carboxylic acids is 1. The fourth-order valence-electron chi connectivity index (χ4n) is 1.73. The first-order valence-electron chi connectivity index (χ1n) is 6.34. The predicted molar refractivity (Wildman–Crippen MR) is 91.4 cm³/mol. The fraction of sp³-hybridized carbons (Fsp3) is 0.0667. The molecule has 0 aliphatic rings. The van der Waals surface area contributed by atoms with Crippen LogP contribution >= 0.6 is 34.8 Å². The van der Waals surface area contributed by atoms with Crippen molar-refractivity contribution in [1.29, 1.82) is 0 Å². The Hall–Kier alpha value is -1.95. The molecule has 5 nitrogen and oxygen atoms in total. The lowest BCUT2D eigenvalue weighted by Crippen LogP contribution is -2.20. The number of nitrogens with one attached hydrogen (secondary N) is 1. The van der Waals surface area contributed by atoms with Crippen LogP contribution in [0.4, 0.5) is 5.69 Å². The Bertz CT molecular complexity index is 710. The van der Waals surface area contributed by atoms with E-state index in [9.17, 15) is 4.79 Å². The molecule has 0 atom stereocenters. The van der Waals surface area contributed by atoms with E-state index >= 15 is 0 Å². The van der Waals surface area contributed by atoms with Gasteiger partial charge >= 0.3 is 0 Å². The van der Waals surface area contributed by atoms with E-state index in [-0.39, 0.29) is 28.3 Å². The minimum Gasteiger partial charge on any atom is -0.481 e. The molecule has 0 unspecified atom stereocenters. The highest BCUT2D eigenvalue weighted by atomic mass is 35.5. The standard InChI is InChI=1S/C15H11Cl3N2O3/c16-10-1-3-11(4-2-10)20-14(21)8-23-15-12(17)5-9(7-19-22)6-13(15)18/h1-7,22H,8H2,(H,20,21)/b19-7-. The maximum atomic E-state index is 11.9. The molecule has 2 aromatic carbocycles. The first-order valence-corrected chi connectivity index (χ1v) is 7.47. The molecule has 0 radical (unpaired) electrons. The molecule has 0 aliphatic heterocycles. The number of carbonyl (C=O) groups is 1. The number of rotatable bonds is 5. The van der Waals surface area contributed by atoms with Crippen molar-refractivity contribution in [2.45, 2.75) is 0 Å². The fourth-order valence-corrected chi connectivity index (χ4v) is 2.47. The third-order valence-electron chi connectivity index (χ3n) is 2.70. The Morgan fingerprint density at radius 2 is 1.78 bits per heavy atom. The molecule has 0 saturated carbocycles. The van der Waals surface area contributed by atoms with Crippen LogP contribution in [0.5, 0.6) is 5.75 Å². The maximum absolute atomic E-state index is 11.9. The zero-order valence-electron chi connectivity index (χ0n) is 11.6. The van der Waals surface area contributed by atoms with E-state index < -0.39 is 0 Å². The molecule has 120 valence electrons. The van der Waals surface area contributed by atoms with Crippen molar-refractivity contribution < 1.29 is 14.7 Å². The molecule has 0 heterocycles. The van der Waals surface area contributed by atoms with E-state index in [1.807, 2.05) is 0 Å². The second-order valence-electron chi connectivity index (χ2n) is 4.40. The number of hydrogen-bond donors (Lipinski definition) is 2. The van der Waals surface area contributed by atoms with Gasteiger partial charge in [-0.15, -0.1) is 0 Å². The Kier molecular flexibility index (Phi) is 6.10. The summed E-state index contributed by atoms with van der Waals surface area (Å²) >= 11 is 17.8. The number of ether oxygens (including phenoxy) is 1. The van der Waals surface area contributed by atoms with Crippen molar-refractivity contribution in [3.8, 4) is 5.75 Å². The summed E-state index contributed by atoms with van der Waals surface area (Å²) < 4.78 is 5.35. The van der Waals surface area contributed by atoms with Crippen molar-refractivity contribution in [1.82, 2.24) is 0 Å². The van der Waals surface area contributed by atoms with E-state index in [1.54, 1.807) is 24.3 Å². The maximum Gasteiger partial charge on any atom is 0.262 e. The normalized spacial score (nSPS) is 10.7. The Morgan fingerprint density at radius 1 is 1.17 bits per heavy atom. The number of hydrogen-bond acceptors (Lipinski definition) is 4. The second-order valence-corrected chi connectivity index (χ2v) is 5.65. The number of halogens is 3. The molecule has 2 aromatic rings. The quantitative estimate of drug-likeness (QED) is 0.461. The molecule has 2 rings (SSSR count). The van der Waals surface area contributed by atoms with Crippen LogP contribution in [0.3, 0.4) is 0 Å². The van der Waals surface area contributed by atoms with E-state index in [4.69, 9.17) is 44.7 Å². The summed E-state index contributed by atoms with van der Waals surface area (Å²) in [5, 5.41) is 15.0. The number of amides is 1. The van der Waals surface area contributed by atoms with Crippen molar-refractivity contribution in [3.63, 3.8) is 0 Å². The van der Waals surface area contributed by atoms with Gasteiger partial charge in [0.15, 0.2) is 12.4 Å². The molecule has 1 amide bonds. The van der Waals surface area contributed by atoms with Crippen molar-refractivity contribution >= 4 is 52.6 Å². The smallest absolute Gasteiger partial charge is 0.262 e. The van der Waals surface area contributed by atoms with Gasteiger partial charge in [0.25, 0.3) is 5.91 Å². The van der Waals surface area contributed by atoms with Crippen LogP contribution in [0.2, 0.25) is 15.1 Å². The molecule has 0 aromatic heterocycles. The summed E-state index contributed by atoms with van der Waals surface area (Å²) in [6, 6.07) is 9.66. The molecule has 0 fully saturated rings. The summed E-state index contributed by atoms with van der Waals surface area (Å²) in [5.74, 6) is -0.199. The van der Waals surface area contributed by atoms with Crippen LogP contribution in [0, 0.1) is 0 Å². The van der Waals surface area contributed by atoms with Gasteiger partial charge in [-0.05, 0) is 42.0 Å². The zero-order chi connectivity index (χ0) is 16.8. The van der Waals surface area contributed by atoms with Crippen LogP contribution in [0.1, 0.15) is 5.56 Å². The topological polar surface area (TPSA) is 70.9 Å². The van der Waals surface area contributed by atoms with Gasteiger partial charge in [-0.1, -0.05) is 40.0 Å². The first kappa shape index (κ1) is 17.4. The second kappa shape index (κ2) is 8.06. The van der Waals surface area contributed by atoms with Crippen LogP contribution in [0.15, 0.2) is 41.6 Å². The summed E-state index contributed by atoms with van der Waals surface area (Å²) in [4.78, 5) is 11.9. The Morgan fingerprint density at radius 3 is 2.35 bits per heavy atom. The van der Waals surface area contributed by atoms with Gasteiger partial charge in [-0.3, -0.25) is 4.79 Å². The SMILES string of the molecule is O=C(COc1c(Cl)cc(/C=N\O)cc1Cl)Nc1ccc(Cl)cc1. The van der Waals surface area contributed by atoms with Gasteiger partial charge in [-0.2, -0.15) is 0 Å². The lowest BCUT2D eigenvalue weighted by molar-refractivity contribution is -0.118. The van der Waals surface area contributed by atoms with E-state index in [0.717, 1.165) is 0 Å². The van der Waals surface area contributed by atoms with Crippen LogP contribution in [0.25, 0.3) is 0 Å². The molecule has 0 saturated heterocycles. The van der Waals surface area contributed by atoms with Crippen LogP contribution < -0.4 is 10.1 Å². The van der Waals surface area contributed by atoms with Gasteiger partial charge in [0.05, 0.1) is 16.3 Å². The van der Waals surface area contributed by atoms with Gasteiger partial charge in [0, 0.05) is 10.7 Å². The van der Waals surface area contributed by atoms with Crippen molar-refractivity contribution in [2.24, 2.45) is 5.16 Å². The number of nitrogens with zero attached hydrogens (tertiary/aromatic N) is 1. The minimum absolute atomic E-state index is 0.176. The van der Waals surface area contributed by atoms with E-state index in [1.165, 1.54) is 18.3 Å². The molecule has 0 bridgehead atoms. The number of oxime groups is 1. The summed E-state index contributed by atoms with van der Waals surface area (Å²) in [5.41, 5.74) is 1.09. The average molecular weight is 374 g/mol. The van der Waals surface area contributed by atoms with Gasteiger partial charge in [0.1, 0.15) is 0 Å².